The average Bonchev–Trinajstić information content (AvgIpc) is 3.72. The number of rotatable bonds is 3. The van der Waals surface area contributed by atoms with E-state index in [4.69, 9.17) is 33.3 Å². The van der Waals surface area contributed by atoms with Crippen molar-refractivity contribution in [1.82, 2.24) is 9.97 Å². The molecule has 0 aliphatic heterocycles. The number of H-pyrrole nitrogens is 1. The van der Waals surface area contributed by atoms with Crippen LogP contribution >= 0.6 is 23.2 Å². The van der Waals surface area contributed by atoms with Gasteiger partial charge in [0.1, 0.15) is 5.82 Å². The number of aromatic nitrogens is 2. The van der Waals surface area contributed by atoms with E-state index in [9.17, 15) is 4.79 Å². The molecule has 0 radical (unpaired) electrons. The fourth-order valence-electron chi connectivity index (χ4n) is 5.92. The summed E-state index contributed by atoms with van der Waals surface area (Å²) in [5.41, 5.74) is 12.8. The molecule has 2 aliphatic rings. The number of hydrogen-bond donors (Lipinski definition) is 2. The van der Waals surface area contributed by atoms with Crippen molar-refractivity contribution in [2.75, 3.05) is 0 Å². The zero-order valence-corrected chi connectivity index (χ0v) is 24.8. The summed E-state index contributed by atoms with van der Waals surface area (Å²) >= 11 is 12.3. The van der Waals surface area contributed by atoms with E-state index in [2.05, 4.69) is 59.6 Å². The first-order valence-electron chi connectivity index (χ1n) is 14.0. The van der Waals surface area contributed by atoms with E-state index in [0.29, 0.717) is 10.0 Å². The van der Waals surface area contributed by atoms with Gasteiger partial charge in [-0.15, -0.1) is 0 Å². The third kappa shape index (κ3) is 5.05. The third-order valence-electron chi connectivity index (χ3n) is 7.80. The van der Waals surface area contributed by atoms with Gasteiger partial charge in [0.15, 0.2) is 0 Å². The highest BCUT2D eigenvalue weighted by atomic mass is 35.5. The number of carboxylic acid groups (broad SMARTS) is 1. The largest absolute Gasteiger partial charge is 0.478 e. The molecule has 6 heteroatoms. The van der Waals surface area contributed by atoms with E-state index in [1.54, 1.807) is 6.07 Å². The second-order valence-electron chi connectivity index (χ2n) is 10.4. The molecule has 8 rings (SSSR count). The predicted molar refractivity (Wildman–Crippen MR) is 179 cm³/mol. The van der Waals surface area contributed by atoms with Gasteiger partial charge in [0.25, 0.3) is 0 Å². The number of halogens is 2. The average molecular weight is 612 g/mol. The molecular weight excluding hydrogens is 587 g/mol. The molecule has 0 saturated heterocycles. The van der Waals surface area contributed by atoms with Crippen molar-refractivity contribution >= 4 is 46.4 Å². The van der Waals surface area contributed by atoms with E-state index < -0.39 is 5.97 Å². The summed E-state index contributed by atoms with van der Waals surface area (Å²) in [4.78, 5) is 18.9. The van der Waals surface area contributed by atoms with Crippen LogP contribution in [0.15, 0.2) is 128 Å². The summed E-state index contributed by atoms with van der Waals surface area (Å²) in [5.74, 6) is -0.121. The van der Waals surface area contributed by atoms with Crippen molar-refractivity contribution in [3.05, 3.63) is 166 Å². The summed E-state index contributed by atoms with van der Waals surface area (Å²) in [6.45, 7) is 0. The van der Waals surface area contributed by atoms with Crippen LogP contribution in [0.5, 0.6) is 0 Å². The lowest BCUT2D eigenvalue weighted by Crippen LogP contribution is -1.91. The molecule has 1 aromatic heterocycles. The predicted octanol–water partition coefficient (Wildman–Crippen LogP) is 10.1. The molecule has 2 aliphatic carbocycles. The van der Waals surface area contributed by atoms with Crippen molar-refractivity contribution in [2.24, 2.45) is 0 Å². The molecule has 0 fully saturated rings. The van der Waals surface area contributed by atoms with Crippen molar-refractivity contribution in [3.63, 3.8) is 0 Å². The van der Waals surface area contributed by atoms with Gasteiger partial charge in [0.05, 0.1) is 10.7 Å². The van der Waals surface area contributed by atoms with Crippen LogP contribution in [0.3, 0.4) is 0 Å². The quantitative estimate of drug-likeness (QED) is 0.196. The lowest BCUT2D eigenvalue weighted by Gasteiger charge is -2.02. The van der Waals surface area contributed by atoms with Crippen molar-refractivity contribution in [3.8, 4) is 33.5 Å². The second-order valence-corrected chi connectivity index (χ2v) is 11.3. The molecule has 0 unspecified atom stereocenters. The molecule has 6 aromatic rings. The first-order valence-corrected chi connectivity index (χ1v) is 14.8. The molecule has 1 heterocycles. The Morgan fingerprint density at radius 3 is 1.52 bits per heavy atom. The number of fused-ring (bicyclic) bond motifs is 6. The van der Waals surface area contributed by atoms with Crippen LogP contribution < -0.4 is 0 Å². The van der Waals surface area contributed by atoms with Crippen molar-refractivity contribution < 1.29 is 9.90 Å². The number of carboxylic acids is 1. The fourth-order valence-corrected chi connectivity index (χ4v) is 6.42. The van der Waals surface area contributed by atoms with E-state index in [-0.39, 0.29) is 0 Å². The molecule has 0 spiro atoms. The Balaban J connectivity index is 0.000000158. The van der Waals surface area contributed by atoms with Crippen molar-refractivity contribution in [2.45, 2.75) is 0 Å². The number of hydrogen-bond acceptors (Lipinski definition) is 2. The minimum absolute atomic E-state index is 0.588. The first kappa shape index (κ1) is 27.7. The highest BCUT2D eigenvalue weighted by Crippen LogP contribution is 2.45. The smallest absolute Gasteiger partial charge is 0.328 e. The summed E-state index contributed by atoms with van der Waals surface area (Å²) in [7, 11) is 0. The highest BCUT2D eigenvalue weighted by molar-refractivity contribution is 6.36. The minimum Gasteiger partial charge on any atom is -0.478 e. The van der Waals surface area contributed by atoms with E-state index >= 15 is 0 Å². The molecule has 0 saturated carbocycles. The lowest BCUT2D eigenvalue weighted by molar-refractivity contribution is -0.131. The van der Waals surface area contributed by atoms with Gasteiger partial charge in [-0.3, -0.25) is 0 Å². The van der Waals surface area contributed by atoms with Gasteiger partial charge < -0.3 is 10.1 Å². The second kappa shape index (κ2) is 11.5. The molecule has 2 N–H and O–H groups in total. The number of nitrogens with zero attached hydrogens (tertiary/aromatic N) is 1. The van der Waals surface area contributed by atoms with Crippen LogP contribution in [0.25, 0.3) is 50.7 Å². The van der Waals surface area contributed by atoms with Crippen molar-refractivity contribution in [1.29, 1.82) is 0 Å². The summed E-state index contributed by atoms with van der Waals surface area (Å²) in [6.07, 6.45) is 5.25. The summed E-state index contributed by atoms with van der Waals surface area (Å²) in [6, 6.07) is 38.1. The van der Waals surface area contributed by atoms with Gasteiger partial charge >= 0.3 is 5.97 Å². The Labute approximate surface area is 264 Å². The molecule has 4 nitrogen and oxygen atoms in total. The van der Waals surface area contributed by atoms with Crippen LogP contribution in [0, 0.1) is 0 Å². The summed E-state index contributed by atoms with van der Waals surface area (Å²) < 4.78 is 0. The molecule has 44 heavy (non-hydrogen) atoms. The molecule has 5 aromatic carbocycles. The van der Waals surface area contributed by atoms with Gasteiger partial charge in [-0.25, -0.2) is 9.78 Å². The summed E-state index contributed by atoms with van der Waals surface area (Å²) in [5, 5.41) is 10.1. The Morgan fingerprint density at radius 1 is 0.614 bits per heavy atom. The lowest BCUT2D eigenvalue weighted by atomic mass is 10.0. The minimum atomic E-state index is -0.911. The van der Waals surface area contributed by atoms with E-state index in [0.717, 1.165) is 44.9 Å². The normalized spacial score (nSPS) is 12.0. The van der Waals surface area contributed by atoms with Gasteiger partial charge in [-0.1, -0.05) is 120 Å². The maximum absolute atomic E-state index is 10.9. The number of aliphatic carboxylic acids is 1. The Bertz CT molecular complexity index is 2050. The number of aromatic amines is 1. The Morgan fingerprint density at radius 2 is 1.07 bits per heavy atom. The SMILES string of the molecule is Clc1ccc(-c2c[nH]c(C=C3c4ccccc4-c4ccccc43)n2)c(Cl)c1.O=C(O)C=C1c2ccccc2-c2ccccc21. The number of benzene rings is 5. The highest BCUT2D eigenvalue weighted by Gasteiger charge is 2.24. The molecule has 212 valence electrons. The van der Waals surface area contributed by atoms with Gasteiger partial charge in [-0.2, -0.15) is 0 Å². The molecular formula is C38H24Cl2N2O2. The zero-order chi connectivity index (χ0) is 30.2. The molecule has 0 amide bonds. The fraction of sp³-hybridized carbons (Fsp3) is 0. The Kier molecular flexibility index (Phi) is 7.23. The van der Waals surface area contributed by atoms with Crippen LogP contribution in [-0.2, 0) is 4.79 Å². The van der Waals surface area contributed by atoms with E-state index in [1.165, 1.54) is 33.9 Å². The van der Waals surface area contributed by atoms with E-state index in [1.807, 2.05) is 66.9 Å². The number of imidazole rings is 1. The molecule has 0 bridgehead atoms. The van der Waals surface area contributed by atoms with Crippen LogP contribution in [0.1, 0.15) is 28.1 Å². The third-order valence-corrected chi connectivity index (χ3v) is 8.35. The van der Waals surface area contributed by atoms with Gasteiger partial charge in [0.2, 0.25) is 0 Å². The monoisotopic (exact) mass is 610 g/mol. The van der Waals surface area contributed by atoms with Gasteiger partial charge in [-0.05, 0) is 79.9 Å². The maximum Gasteiger partial charge on any atom is 0.328 e. The topological polar surface area (TPSA) is 66.0 Å². The van der Waals surface area contributed by atoms with Gasteiger partial charge in [0, 0.05) is 22.9 Å². The first-order chi connectivity index (χ1) is 21.5. The van der Waals surface area contributed by atoms with Crippen LogP contribution in [-0.4, -0.2) is 21.0 Å². The standard InChI is InChI=1S/C23H14Cl2N2.C15H10O2/c24-14-9-10-19(21(25)11-14)22-13-26-23(27-22)12-20-17-7-3-1-5-15(17)16-6-2-4-8-18(16)20;16-15(17)9-14-12-7-3-1-5-10(12)11-6-2-4-8-13(11)14/h1-13H,(H,26,27);1-9H,(H,16,17). The Hall–Kier alpha value is -5.16. The van der Waals surface area contributed by atoms with Crippen LogP contribution in [0.4, 0.5) is 0 Å². The van der Waals surface area contributed by atoms with Crippen LogP contribution in [0.2, 0.25) is 10.0 Å². The number of nitrogens with one attached hydrogen (secondary N) is 1. The maximum atomic E-state index is 10.9. The zero-order valence-electron chi connectivity index (χ0n) is 23.3. The number of carbonyl (C=O) groups is 1. The molecule has 0 atom stereocenters.